The summed E-state index contributed by atoms with van der Waals surface area (Å²) in [7, 11) is 1.69. The Kier molecular flexibility index (Phi) is 6.02. The number of urea groups is 1. The number of nitrogens with zero attached hydrogens (tertiary/aromatic N) is 2. The SMILES string of the molecule is CN(CC(C)(C)O)C(=O)Nc1cccc(CCN2CCCC2)c1. The maximum atomic E-state index is 12.2. The Morgan fingerprint density at radius 2 is 2.04 bits per heavy atom. The summed E-state index contributed by atoms with van der Waals surface area (Å²) in [5.74, 6) is 0. The Labute approximate surface area is 139 Å². The molecule has 1 heterocycles. The molecule has 0 atom stereocenters. The highest BCUT2D eigenvalue weighted by Crippen LogP contribution is 2.14. The minimum atomic E-state index is -0.899. The normalized spacial score (nSPS) is 15.7. The van der Waals surface area contributed by atoms with E-state index in [4.69, 9.17) is 0 Å². The molecule has 2 N–H and O–H groups in total. The maximum absolute atomic E-state index is 12.2. The number of likely N-dealkylation sites (N-methyl/N-ethyl adjacent to an activating group) is 1. The molecule has 23 heavy (non-hydrogen) atoms. The van der Waals surface area contributed by atoms with Crippen LogP contribution in [0.3, 0.4) is 0 Å². The van der Waals surface area contributed by atoms with Crippen molar-refractivity contribution in [1.82, 2.24) is 9.80 Å². The molecule has 2 rings (SSSR count). The van der Waals surface area contributed by atoms with Crippen LogP contribution in [0.5, 0.6) is 0 Å². The predicted molar refractivity (Wildman–Crippen MR) is 93.8 cm³/mol. The molecule has 128 valence electrons. The number of carbonyl (C=O) groups is 1. The first-order valence-electron chi connectivity index (χ1n) is 8.39. The molecular weight excluding hydrogens is 290 g/mol. The van der Waals surface area contributed by atoms with Gasteiger partial charge in [0.1, 0.15) is 0 Å². The lowest BCUT2D eigenvalue weighted by atomic mass is 10.1. The fourth-order valence-corrected chi connectivity index (χ4v) is 2.97. The van der Waals surface area contributed by atoms with Crippen molar-refractivity contribution in [2.24, 2.45) is 0 Å². The number of hydrogen-bond acceptors (Lipinski definition) is 3. The van der Waals surface area contributed by atoms with E-state index in [-0.39, 0.29) is 12.6 Å². The minimum Gasteiger partial charge on any atom is -0.389 e. The number of likely N-dealkylation sites (tertiary alicyclic amines) is 1. The molecule has 5 heteroatoms. The average Bonchev–Trinajstić information content (AvgIpc) is 2.97. The Bertz CT molecular complexity index is 519. The summed E-state index contributed by atoms with van der Waals surface area (Å²) in [6, 6.07) is 7.81. The second-order valence-electron chi connectivity index (χ2n) is 7.10. The fourth-order valence-electron chi connectivity index (χ4n) is 2.97. The molecule has 0 aromatic heterocycles. The number of amides is 2. The first-order chi connectivity index (χ1) is 10.8. The molecule has 1 aromatic carbocycles. The molecule has 0 bridgehead atoms. The van der Waals surface area contributed by atoms with Crippen LogP contribution in [-0.4, -0.2) is 59.8 Å². The van der Waals surface area contributed by atoms with E-state index in [0.29, 0.717) is 0 Å². The van der Waals surface area contributed by atoms with E-state index < -0.39 is 5.60 Å². The van der Waals surface area contributed by atoms with Gasteiger partial charge in [0.25, 0.3) is 0 Å². The zero-order chi connectivity index (χ0) is 16.9. The highest BCUT2D eigenvalue weighted by molar-refractivity contribution is 5.89. The zero-order valence-electron chi connectivity index (χ0n) is 14.5. The highest BCUT2D eigenvalue weighted by atomic mass is 16.3. The highest BCUT2D eigenvalue weighted by Gasteiger charge is 2.19. The molecule has 0 radical (unpaired) electrons. The quantitative estimate of drug-likeness (QED) is 0.847. The van der Waals surface area contributed by atoms with Gasteiger partial charge >= 0.3 is 6.03 Å². The summed E-state index contributed by atoms with van der Waals surface area (Å²) in [4.78, 5) is 16.1. The van der Waals surface area contributed by atoms with Crippen molar-refractivity contribution in [2.75, 3.05) is 38.5 Å². The van der Waals surface area contributed by atoms with E-state index >= 15 is 0 Å². The summed E-state index contributed by atoms with van der Waals surface area (Å²) in [6.45, 7) is 7.16. The van der Waals surface area contributed by atoms with Crippen LogP contribution in [0.25, 0.3) is 0 Å². The Hall–Kier alpha value is -1.59. The van der Waals surface area contributed by atoms with Gasteiger partial charge in [0, 0.05) is 19.3 Å². The van der Waals surface area contributed by atoms with Gasteiger partial charge in [-0.25, -0.2) is 4.79 Å². The number of benzene rings is 1. The fraction of sp³-hybridized carbons (Fsp3) is 0.611. The molecule has 1 fully saturated rings. The standard InChI is InChI=1S/C18H29N3O2/c1-18(2,23)14-20(3)17(22)19-16-8-6-7-15(13-16)9-12-21-10-4-5-11-21/h6-8,13,23H,4-5,9-12,14H2,1-3H3,(H,19,22). The first-order valence-corrected chi connectivity index (χ1v) is 8.39. The van der Waals surface area contributed by atoms with Crippen LogP contribution in [0.2, 0.25) is 0 Å². The van der Waals surface area contributed by atoms with Crippen molar-refractivity contribution in [3.8, 4) is 0 Å². The third-order valence-electron chi connectivity index (χ3n) is 4.06. The van der Waals surface area contributed by atoms with Crippen molar-refractivity contribution in [1.29, 1.82) is 0 Å². The number of rotatable bonds is 6. The average molecular weight is 319 g/mol. The van der Waals surface area contributed by atoms with Crippen LogP contribution in [0.1, 0.15) is 32.3 Å². The van der Waals surface area contributed by atoms with Crippen molar-refractivity contribution < 1.29 is 9.90 Å². The molecule has 5 nitrogen and oxygen atoms in total. The van der Waals surface area contributed by atoms with E-state index in [9.17, 15) is 9.90 Å². The number of hydrogen-bond donors (Lipinski definition) is 2. The molecule has 0 spiro atoms. The smallest absolute Gasteiger partial charge is 0.321 e. The Morgan fingerprint density at radius 1 is 1.35 bits per heavy atom. The summed E-state index contributed by atoms with van der Waals surface area (Å²) in [6.07, 6.45) is 3.62. The monoisotopic (exact) mass is 319 g/mol. The summed E-state index contributed by atoms with van der Waals surface area (Å²) in [5, 5.41) is 12.7. The number of anilines is 1. The van der Waals surface area contributed by atoms with E-state index in [1.165, 1.54) is 36.4 Å². The Balaban J connectivity index is 1.87. The topological polar surface area (TPSA) is 55.8 Å². The van der Waals surface area contributed by atoms with Gasteiger partial charge in [-0.2, -0.15) is 0 Å². The Morgan fingerprint density at radius 3 is 2.70 bits per heavy atom. The van der Waals surface area contributed by atoms with Gasteiger partial charge in [0.2, 0.25) is 0 Å². The van der Waals surface area contributed by atoms with Gasteiger partial charge in [-0.1, -0.05) is 12.1 Å². The van der Waals surface area contributed by atoms with E-state index in [2.05, 4.69) is 16.3 Å². The summed E-state index contributed by atoms with van der Waals surface area (Å²) < 4.78 is 0. The van der Waals surface area contributed by atoms with E-state index in [1.807, 2.05) is 18.2 Å². The van der Waals surface area contributed by atoms with Crippen molar-refractivity contribution in [3.05, 3.63) is 29.8 Å². The second kappa shape index (κ2) is 7.79. The van der Waals surface area contributed by atoms with Gasteiger partial charge in [0.15, 0.2) is 0 Å². The number of carbonyl (C=O) groups excluding carboxylic acids is 1. The molecule has 1 aliphatic heterocycles. The lowest BCUT2D eigenvalue weighted by Gasteiger charge is -2.25. The van der Waals surface area contributed by atoms with Crippen molar-refractivity contribution in [3.63, 3.8) is 0 Å². The molecule has 1 aromatic rings. The van der Waals surface area contributed by atoms with Crippen LogP contribution in [0.4, 0.5) is 10.5 Å². The third-order valence-corrected chi connectivity index (χ3v) is 4.06. The minimum absolute atomic E-state index is 0.205. The lowest BCUT2D eigenvalue weighted by molar-refractivity contribution is 0.0550. The molecule has 1 aliphatic rings. The summed E-state index contributed by atoms with van der Waals surface area (Å²) in [5.41, 5.74) is 1.14. The van der Waals surface area contributed by atoms with Gasteiger partial charge < -0.3 is 20.2 Å². The summed E-state index contributed by atoms with van der Waals surface area (Å²) >= 11 is 0. The molecule has 0 saturated carbocycles. The van der Waals surface area contributed by atoms with Crippen LogP contribution in [-0.2, 0) is 6.42 Å². The number of aliphatic hydroxyl groups is 1. The molecule has 2 amide bonds. The van der Waals surface area contributed by atoms with Crippen molar-refractivity contribution in [2.45, 2.75) is 38.7 Å². The lowest BCUT2D eigenvalue weighted by Crippen LogP contribution is -2.41. The zero-order valence-corrected chi connectivity index (χ0v) is 14.5. The van der Waals surface area contributed by atoms with E-state index in [0.717, 1.165) is 18.7 Å². The second-order valence-corrected chi connectivity index (χ2v) is 7.10. The molecule has 0 aliphatic carbocycles. The van der Waals surface area contributed by atoms with Gasteiger partial charge in [-0.15, -0.1) is 0 Å². The van der Waals surface area contributed by atoms with Crippen LogP contribution >= 0.6 is 0 Å². The maximum Gasteiger partial charge on any atom is 0.321 e. The number of nitrogens with one attached hydrogen (secondary N) is 1. The van der Waals surface area contributed by atoms with Gasteiger partial charge in [-0.3, -0.25) is 0 Å². The van der Waals surface area contributed by atoms with Gasteiger partial charge in [-0.05, 0) is 63.9 Å². The first kappa shape index (κ1) is 17.8. The predicted octanol–water partition coefficient (Wildman–Crippen LogP) is 2.56. The molecular formula is C18H29N3O2. The molecule has 1 saturated heterocycles. The van der Waals surface area contributed by atoms with E-state index in [1.54, 1.807) is 20.9 Å². The van der Waals surface area contributed by atoms with Crippen LogP contribution < -0.4 is 5.32 Å². The van der Waals surface area contributed by atoms with Crippen LogP contribution in [0, 0.1) is 0 Å². The third kappa shape index (κ3) is 6.20. The molecule has 0 unspecified atom stereocenters. The van der Waals surface area contributed by atoms with Gasteiger partial charge in [0.05, 0.1) is 12.1 Å². The largest absolute Gasteiger partial charge is 0.389 e. The van der Waals surface area contributed by atoms with Crippen molar-refractivity contribution >= 4 is 11.7 Å². The van der Waals surface area contributed by atoms with Crippen LogP contribution in [0.15, 0.2) is 24.3 Å².